The Hall–Kier alpha value is -2.79. The minimum atomic E-state index is -0.228. The Morgan fingerprint density at radius 3 is 2.55 bits per heavy atom. The molecule has 0 fully saturated rings. The number of rotatable bonds is 9. The smallest absolute Gasteiger partial charge is 0.259 e. The van der Waals surface area contributed by atoms with Crippen molar-refractivity contribution in [3.63, 3.8) is 0 Å². The molecule has 0 aliphatic rings. The van der Waals surface area contributed by atoms with Crippen LogP contribution in [0, 0.1) is 0 Å². The van der Waals surface area contributed by atoms with Crippen LogP contribution >= 0.6 is 15.9 Å². The number of hydrogen-bond donors (Lipinski definition) is 1. The monoisotopic (exact) mass is 453 g/mol. The van der Waals surface area contributed by atoms with Crippen molar-refractivity contribution in [2.45, 2.75) is 19.8 Å². The predicted octanol–water partition coefficient (Wildman–Crippen LogP) is 6.11. The predicted molar refractivity (Wildman–Crippen MR) is 120 cm³/mol. The molecule has 1 N–H and O–H groups in total. The second kappa shape index (κ2) is 10.7. The summed E-state index contributed by atoms with van der Waals surface area (Å²) in [6, 6.07) is 23.0. The first-order valence-corrected chi connectivity index (χ1v) is 10.5. The molecule has 0 saturated carbocycles. The zero-order chi connectivity index (χ0) is 20.5. The molecule has 0 saturated heterocycles. The van der Waals surface area contributed by atoms with Crippen molar-refractivity contribution in [2.75, 3.05) is 18.5 Å². The quantitative estimate of drug-likeness (QED) is 0.424. The highest BCUT2D eigenvalue weighted by atomic mass is 79.9. The number of nitrogens with one attached hydrogen (secondary N) is 1. The van der Waals surface area contributed by atoms with Gasteiger partial charge in [-0.3, -0.25) is 4.79 Å². The van der Waals surface area contributed by atoms with Crippen LogP contribution in [-0.2, 0) is 6.42 Å². The standard InChI is InChI=1S/C24H24BrNO3/c1-2-14-28-21-10-6-9-20(17-21)26-24(27)22-16-19(25)11-12-23(22)29-15-13-18-7-4-3-5-8-18/h3-12,16-17H,2,13-15H2,1H3,(H,26,27). The third kappa shape index (κ3) is 6.36. The van der Waals surface area contributed by atoms with E-state index in [0.717, 1.165) is 23.1 Å². The molecule has 29 heavy (non-hydrogen) atoms. The Morgan fingerprint density at radius 2 is 1.76 bits per heavy atom. The minimum Gasteiger partial charge on any atom is -0.494 e. The topological polar surface area (TPSA) is 47.6 Å². The average Bonchev–Trinajstić information content (AvgIpc) is 2.74. The average molecular weight is 454 g/mol. The van der Waals surface area contributed by atoms with Crippen molar-refractivity contribution in [3.8, 4) is 11.5 Å². The van der Waals surface area contributed by atoms with Crippen LogP contribution in [0.25, 0.3) is 0 Å². The molecule has 0 radical (unpaired) electrons. The van der Waals surface area contributed by atoms with E-state index in [-0.39, 0.29) is 5.91 Å². The van der Waals surface area contributed by atoms with Crippen LogP contribution in [0.2, 0.25) is 0 Å². The summed E-state index contributed by atoms with van der Waals surface area (Å²) in [5.41, 5.74) is 2.35. The third-order valence-electron chi connectivity index (χ3n) is 4.24. The maximum atomic E-state index is 12.9. The number of anilines is 1. The van der Waals surface area contributed by atoms with E-state index >= 15 is 0 Å². The number of carbonyl (C=O) groups is 1. The first-order chi connectivity index (χ1) is 14.2. The summed E-state index contributed by atoms with van der Waals surface area (Å²) in [6.45, 7) is 3.19. The number of benzene rings is 3. The number of ether oxygens (including phenoxy) is 2. The van der Waals surface area contributed by atoms with E-state index in [1.54, 1.807) is 6.07 Å². The molecular weight excluding hydrogens is 430 g/mol. The van der Waals surface area contributed by atoms with Gasteiger partial charge in [0.05, 0.1) is 18.8 Å². The number of amides is 1. The molecule has 0 bridgehead atoms. The summed E-state index contributed by atoms with van der Waals surface area (Å²) in [5, 5.41) is 2.93. The van der Waals surface area contributed by atoms with Gasteiger partial charge in [-0.25, -0.2) is 0 Å². The molecule has 150 valence electrons. The number of carbonyl (C=O) groups excluding carboxylic acids is 1. The summed E-state index contributed by atoms with van der Waals surface area (Å²) in [6.07, 6.45) is 1.70. The van der Waals surface area contributed by atoms with Gasteiger partial charge >= 0.3 is 0 Å². The summed E-state index contributed by atoms with van der Waals surface area (Å²) in [4.78, 5) is 12.9. The van der Waals surface area contributed by atoms with Crippen molar-refractivity contribution >= 4 is 27.5 Å². The van der Waals surface area contributed by atoms with Crippen LogP contribution < -0.4 is 14.8 Å². The van der Waals surface area contributed by atoms with Crippen molar-refractivity contribution in [1.82, 2.24) is 0 Å². The summed E-state index contributed by atoms with van der Waals surface area (Å²) in [5.74, 6) is 1.06. The Morgan fingerprint density at radius 1 is 0.931 bits per heavy atom. The van der Waals surface area contributed by atoms with Gasteiger partial charge in [-0.1, -0.05) is 59.3 Å². The van der Waals surface area contributed by atoms with Gasteiger partial charge in [0.15, 0.2) is 0 Å². The van der Waals surface area contributed by atoms with Crippen LogP contribution in [0.1, 0.15) is 29.3 Å². The van der Waals surface area contributed by atoms with Gasteiger partial charge in [0, 0.05) is 22.6 Å². The molecule has 3 rings (SSSR count). The lowest BCUT2D eigenvalue weighted by Crippen LogP contribution is -2.14. The molecular formula is C24H24BrNO3. The van der Waals surface area contributed by atoms with Crippen LogP contribution in [0.4, 0.5) is 5.69 Å². The lowest BCUT2D eigenvalue weighted by molar-refractivity contribution is 0.102. The fourth-order valence-electron chi connectivity index (χ4n) is 2.81. The van der Waals surface area contributed by atoms with Gasteiger partial charge in [-0.05, 0) is 42.3 Å². The second-order valence-electron chi connectivity index (χ2n) is 6.55. The van der Waals surface area contributed by atoms with E-state index in [9.17, 15) is 4.79 Å². The van der Waals surface area contributed by atoms with Crippen LogP contribution in [0.3, 0.4) is 0 Å². The maximum absolute atomic E-state index is 12.9. The molecule has 3 aromatic carbocycles. The molecule has 0 unspecified atom stereocenters. The fourth-order valence-corrected chi connectivity index (χ4v) is 3.17. The lowest BCUT2D eigenvalue weighted by Gasteiger charge is -2.13. The van der Waals surface area contributed by atoms with Crippen LogP contribution in [-0.4, -0.2) is 19.1 Å². The summed E-state index contributed by atoms with van der Waals surface area (Å²) in [7, 11) is 0. The van der Waals surface area contributed by atoms with Crippen LogP contribution in [0.5, 0.6) is 11.5 Å². The molecule has 5 heteroatoms. The first-order valence-electron chi connectivity index (χ1n) is 9.66. The Balaban J connectivity index is 1.68. The van der Waals surface area contributed by atoms with Gasteiger partial charge in [0.25, 0.3) is 5.91 Å². The molecule has 0 spiro atoms. The SMILES string of the molecule is CCCOc1cccc(NC(=O)c2cc(Br)ccc2OCCc2ccccc2)c1. The summed E-state index contributed by atoms with van der Waals surface area (Å²) < 4.78 is 12.4. The molecule has 3 aromatic rings. The zero-order valence-corrected chi connectivity index (χ0v) is 17.9. The van der Waals surface area contributed by atoms with E-state index < -0.39 is 0 Å². The van der Waals surface area contributed by atoms with Crippen molar-refractivity contribution in [2.24, 2.45) is 0 Å². The largest absolute Gasteiger partial charge is 0.494 e. The highest BCUT2D eigenvalue weighted by Gasteiger charge is 2.14. The molecule has 0 aliphatic heterocycles. The minimum absolute atomic E-state index is 0.228. The van der Waals surface area contributed by atoms with Gasteiger partial charge in [-0.15, -0.1) is 0 Å². The Bertz CT molecular complexity index is 944. The van der Waals surface area contributed by atoms with Gasteiger partial charge in [0.2, 0.25) is 0 Å². The van der Waals surface area contributed by atoms with Gasteiger partial charge in [0.1, 0.15) is 11.5 Å². The van der Waals surface area contributed by atoms with E-state index in [4.69, 9.17) is 9.47 Å². The van der Waals surface area contributed by atoms with E-state index in [1.165, 1.54) is 5.56 Å². The van der Waals surface area contributed by atoms with E-state index in [0.29, 0.717) is 30.2 Å². The fraction of sp³-hybridized carbons (Fsp3) is 0.208. The summed E-state index contributed by atoms with van der Waals surface area (Å²) >= 11 is 3.44. The van der Waals surface area contributed by atoms with E-state index in [1.807, 2.05) is 54.6 Å². The van der Waals surface area contributed by atoms with Crippen LogP contribution in [0.15, 0.2) is 77.3 Å². The first kappa shape index (κ1) is 20.9. The maximum Gasteiger partial charge on any atom is 0.259 e. The Labute approximate surface area is 180 Å². The highest BCUT2D eigenvalue weighted by Crippen LogP contribution is 2.25. The second-order valence-corrected chi connectivity index (χ2v) is 7.47. The molecule has 0 atom stereocenters. The molecule has 4 nitrogen and oxygen atoms in total. The third-order valence-corrected chi connectivity index (χ3v) is 4.74. The lowest BCUT2D eigenvalue weighted by atomic mass is 10.1. The number of halogens is 1. The van der Waals surface area contributed by atoms with Crippen molar-refractivity contribution in [3.05, 3.63) is 88.4 Å². The van der Waals surface area contributed by atoms with Crippen molar-refractivity contribution in [1.29, 1.82) is 0 Å². The molecule has 0 heterocycles. The molecule has 0 aromatic heterocycles. The van der Waals surface area contributed by atoms with Gasteiger partial charge < -0.3 is 14.8 Å². The van der Waals surface area contributed by atoms with Crippen molar-refractivity contribution < 1.29 is 14.3 Å². The number of hydrogen-bond acceptors (Lipinski definition) is 3. The zero-order valence-electron chi connectivity index (χ0n) is 16.4. The molecule has 1 amide bonds. The van der Waals surface area contributed by atoms with Gasteiger partial charge in [-0.2, -0.15) is 0 Å². The van der Waals surface area contributed by atoms with E-state index in [2.05, 4.69) is 40.3 Å². The Kier molecular flexibility index (Phi) is 7.70. The highest BCUT2D eigenvalue weighted by molar-refractivity contribution is 9.10. The molecule has 0 aliphatic carbocycles. The normalized spacial score (nSPS) is 10.4.